The van der Waals surface area contributed by atoms with Crippen LogP contribution >= 0.6 is 0 Å². The topological polar surface area (TPSA) is 65.4 Å². The van der Waals surface area contributed by atoms with Crippen LogP contribution in [0.25, 0.3) is 16.9 Å². The number of anilines is 1. The minimum absolute atomic E-state index is 0.384. The average Bonchev–Trinajstić information content (AvgIpc) is 3.44. The summed E-state index contributed by atoms with van der Waals surface area (Å²) in [5.41, 5.74) is 4.60. The average molecular weight is 423 g/mol. The van der Waals surface area contributed by atoms with E-state index in [2.05, 4.69) is 5.32 Å². The largest absolute Gasteiger partial charge is 0.497 e. The predicted octanol–water partition coefficient (Wildman–Crippen LogP) is 5.14. The normalized spacial score (nSPS) is 15.2. The molecule has 0 spiro atoms. The molecule has 0 amide bonds. The first-order valence-corrected chi connectivity index (χ1v) is 10.3. The van der Waals surface area contributed by atoms with Crippen LogP contribution < -0.4 is 10.1 Å². The first-order valence-electron chi connectivity index (χ1n) is 10.3. The molecule has 5 rings (SSSR count). The maximum atomic E-state index is 12.6. The first-order chi connectivity index (χ1) is 15.7. The van der Waals surface area contributed by atoms with Crippen LogP contribution in [0.4, 0.5) is 5.69 Å². The van der Waals surface area contributed by atoms with Crippen LogP contribution in [0.15, 0.2) is 103 Å². The Bertz CT molecular complexity index is 1280. The number of para-hydroxylation sites is 1. The van der Waals surface area contributed by atoms with E-state index < -0.39 is 12.1 Å². The van der Waals surface area contributed by atoms with Gasteiger partial charge in [0.1, 0.15) is 11.4 Å². The van der Waals surface area contributed by atoms with E-state index in [1.807, 2.05) is 95.8 Å². The molecule has 0 saturated carbocycles. The van der Waals surface area contributed by atoms with Gasteiger partial charge in [-0.3, -0.25) is 0 Å². The molecule has 32 heavy (non-hydrogen) atoms. The summed E-state index contributed by atoms with van der Waals surface area (Å²) in [5.74, 6) is 0.290. The summed E-state index contributed by atoms with van der Waals surface area (Å²) >= 11 is 0. The molecule has 6 nitrogen and oxygen atoms in total. The Morgan fingerprint density at radius 2 is 1.72 bits per heavy atom. The van der Waals surface area contributed by atoms with E-state index in [1.165, 1.54) is 0 Å². The molecule has 1 atom stereocenters. The van der Waals surface area contributed by atoms with Crippen molar-refractivity contribution in [1.82, 2.24) is 9.78 Å². The van der Waals surface area contributed by atoms with Gasteiger partial charge in [-0.05, 0) is 30.3 Å². The summed E-state index contributed by atoms with van der Waals surface area (Å²) in [7, 11) is 1.60. The lowest BCUT2D eigenvalue weighted by Gasteiger charge is -2.08. The van der Waals surface area contributed by atoms with Crippen LogP contribution in [0.2, 0.25) is 0 Å². The van der Waals surface area contributed by atoms with Gasteiger partial charge in [-0.1, -0.05) is 54.6 Å². The second-order valence-electron chi connectivity index (χ2n) is 7.34. The first kappa shape index (κ1) is 19.6. The summed E-state index contributed by atoms with van der Waals surface area (Å²) in [6, 6.07) is 27.1. The molecular formula is C26H21N3O3. The van der Waals surface area contributed by atoms with Crippen molar-refractivity contribution >= 4 is 11.7 Å². The number of methoxy groups -OCH3 is 1. The highest BCUT2D eigenvalue weighted by atomic mass is 16.5. The van der Waals surface area contributed by atoms with Gasteiger partial charge in [0.2, 0.25) is 0 Å². The van der Waals surface area contributed by atoms with E-state index in [-0.39, 0.29) is 0 Å². The van der Waals surface area contributed by atoms with Gasteiger partial charge in [0.15, 0.2) is 6.10 Å². The number of nitrogens with zero attached hydrogens (tertiary/aromatic N) is 2. The lowest BCUT2D eigenvalue weighted by molar-refractivity contribution is -0.139. The number of carbonyl (C=O) groups excluding carboxylic acids is 1. The van der Waals surface area contributed by atoms with Gasteiger partial charge in [0.05, 0.1) is 18.5 Å². The van der Waals surface area contributed by atoms with Crippen molar-refractivity contribution in [3.05, 3.63) is 108 Å². The zero-order valence-corrected chi connectivity index (χ0v) is 17.4. The molecule has 1 aromatic heterocycles. The summed E-state index contributed by atoms with van der Waals surface area (Å²) in [5, 5.41) is 7.95. The number of hydrogen-bond donors (Lipinski definition) is 1. The molecule has 0 aliphatic carbocycles. The summed E-state index contributed by atoms with van der Waals surface area (Å²) in [4.78, 5) is 12.6. The number of carbonyl (C=O) groups is 1. The van der Waals surface area contributed by atoms with Gasteiger partial charge in [0, 0.05) is 29.1 Å². The van der Waals surface area contributed by atoms with Gasteiger partial charge in [-0.25, -0.2) is 9.48 Å². The second-order valence-corrected chi connectivity index (χ2v) is 7.34. The van der Waals surface area contributed by atoms with Gasteiger partial charge in [-0.15, -0.1) is 0 Å². The highest BCUT2D eigenvalue weighted by Crippen LogP contribution is 2.35. The highest BCUT2D eigenvalue weighted by Gasteiger charge is 2.30. The fourth-order valence-electron chi connectivity index (χ4n) is 3.66. The van der Waals surface area contributed by atoms with Crippen LogP contribution in [-0.2, 0) is 9.53 Å². The van der Waals surface area contributed by atoms with Crippen molar-refractivity contribution in [3.63, 3.8) is 0 Å². The van der Waals surface area contributed by atoms with Crippen molar-refractivity contribution < 1.29 is 14.3 Å². The molecule has 3 aromatic carbocycles. The molecule has 158 valence electrons. The van der Waals surface area contributed by atoms with Gasteiger partial charge < -0.3 is 14.8 Å². The maximum absolute atomic E-state index is 12.6. The smallest absolute Gasteiger partial charge is 0.355 e. The summed E-state index contributed by atoms with van der Waals surface area (Å²) in [6.45, 7) is 0. The van der Waals surface area contributed by atoms with Gasteiger partial charge in [-0.2, -0.15) is 5.10 Å². The standard InChI is InChI=1S/C26H21N3O3/c1-31-21-14-8-11-19(15-21)27-23-16-24(32-26(23)30)22-17-29(20-12-6-3-7-13-20)28-25(22)18-9-4-2-5-10-18/h2-17,24,27H,1H3. The molecule has 0 radical (unpaired) electrons. The Morgan fingerprint density at radius 3 is 2.47 bits per heavy atom. The van der Waals surface area contributed by atoms with Crippen molar-refractivity contribution in [2.75, 3.05) is 12.4 Å². The van der Waals surface area contributed by atoms with Crippen LogP contribution in [0, 0.1) is 0 Å². The molecule has 0 fully saturated rings. The fraction of sp³-hybridized carbons (Fsp3) is 0.0769. The molecular weight excluding hydrogens is 402 g/mol. The summed E-state index contributed by atoms with van der Waals surface area (Å²) < 4.78 is 12.8. The van der Waals surface area contributed by atoms with Crippen molar-refractivity contribution in [1.29, 1.82) is 0 Å². The zero-order valence-electron chi connectivity index (χ0n) is 17.4. The van der Waals surface area contributed by atoms with Gasteiger partial charge in [0.25, 0.3) is 0 Å². The molecule has 0 saturated heterocycles. The third-order valence-electron chi connectivity index (χ3n) is 5.24. The quantitative estimate of drug-likeness (QED) is 0.435. The monoisotopic (exact) mass is 423 g/mol. The Balaban J connectivity index is 1.52. The number of cyclic esters (lactones) is 1. The van der Waals surface area contributed by atoms with E-state index >= 15 is 0 Å². The molecule has 6 heteroatoms. The molecule has 1 aliphatic heterocycles. The molecule has 1 N–H and O–H groups in total. The fourth-order valence-corrected chi connectivity index (χ4v) is 3.66. The predicted molar refractivity (Wildman–Crippen MR) is 123 cm³/mol. The van der Waals surface area contributed by atoms with Crippen LogP contribution in [0.3, 0.4) is 0 Å². The number of ether oxygens (including phenoxy) is 2. The van der Waals surface area contributed by atoms with Crippen LogP contribution in [0.1, 0.15) is 11.7 Å². The van der Waals surface area contributed by atoms with Crippen molar-refractivity contribution in [2.45, 2.75) is 6.10 Å². The molecule has 0 bridgehead atoms. The second kappa shape index (κ2) is 8.43. The number of esters is 1. The number of benzene rings is 3. The Labute approximate surface area is 185 Å². The Kier molecular flexibility index (Phi) is 5.17. The molecule has 1 unspecified atom stereocenters. The van der Waals surface area contributed by atoms with E-state index in [0.29, 0.717) is 11.4 Å². The lowest BCUT2D eigenvalue weighted by atomic mass is 10.0. The minimum atomic E-state index is -0.553. The molecule has 2 heterocycles. The van der Waals surface area contributed by atoms with Crippen molar-refractivity contribution in [3.8, 4) is 22.7 Å². The number of rotatable bonds is 6. The van der Waals surface area contributed by atoms with Crippen LogP contribution in [0.5, 0.6) is 5.75 Å². The summed E-state index contributed by atoms with van der Waals surface area (Å²) in [6.07, 6.45) is 3.16. The van der Waals surface area contributed by atoms with Crippen LogP contribution in [-0.4, -0.2) is 22.9 Å². The number of hydrogen-bond acceptors (Lipinski definition) is 5. The highest BCUT2D eigenvalue weighted by molar-refractivity contribution is 5.94. The maximum Gasteiger partial charge on any atom is 0.355 e. The Morgan fingerprint density at radius 1 is 0.969 bits per heavy atom. The molecule has 1 aliphatic rings. The Hall–Kier alpha value is -4.32. The minimum Gasteiger partial charge on any atom is -0.497 e. The van der Waals surface area contributed by atoms with E-state index in [0.717, 1.165) is 28.2 Å². The number of nitrogens with one attached hydrogen (secondary N) is 1. The SMILES string of the molecule is COc1cccc(NC2=CC(c3cn(-c4ccccc4)nc3-c3ccccc3)OC2=O)c1. The van der Waals surface area contributed by atoms with Gasteiger partial charge >= 0.3 is 5.97 Å². The van der Waals surface area contributed by atoms with Crippen molar-refractivity contribution in [2.24, 2.45) is 0 Å². The zero-order chi connectivity index (χ0) is 21.9. The lowest BCUT2D eigenvalue weighted by Crippen LogP contribution is -2.08. The molecule has 4 aromatic rings. The van der Waals surface area contributed by atoms with E-state index in [4.69, 9.17) is 14.6 Å². The van der Waals surface area contributed by atoms with E-state index in [9.17, 15) is 4.79 Å². The third kappa shape index (κ3) is 3.86. The van der Waals surface area contributed by atoms with E-state index in [1.54, 1.807) is 13.2 Å². The number of aromatic nitrogens is 2. The third-order valence-corrected chi connectivity index (χ3v) is 5.24.